The topological polar surface area (TPSA) is 29.1 Å². The average molecular weight is 328 g/mol. The van der Waals surface area contributed by atoms with Crippen molar-refractivity contribution in [2.75, 3.05) is 11.1 Å². The van der Waals surface area contributed by atoms with E-state index in [4.69, 9.17) is 11.6 Å². The van der Waals surface area contributed by atoms with Crippen molar-refractivity contribution >= 4 is 45.7 Å². The quantitative estimate of drug-likeness (QED) is 0.665. The third kappa shape index (κ3) is 3.81. The van der Waals surface area contributed by atoms with Gasteiger partial charge in [-0.2, -0.15) is 0 Å². The van der Waals surface area contributed by atoms with E-state index < -0.39 is 0 Å². The zero-order valence-electron chi connectivity index (χ0n) is 11.8. The van der Waals surface area contributed by atoms with Crippen molar-refractivity contribution in [2.24, 2.45) is 0 Å². The predicted octanol–water partition coefficient (Wildman–Crippen LogP) is 5.22. The van der Waals surface area contributed by atoms with E-state index in [0.29, 0.717) is 10.8 Å². The molecule has 1 N–H and O–H groups in total. The van der Waals surface area contributed by atoms with Crippen LogP contribution < -0.4 is 5.32 Å². The maximum absolute atomic E-state index is 12.0. The summed E-state index contributed by atoms with van der Waals surface area (Å²) >= 11 is 7.33. The van der Waals surface area contributed by atoms with Gasteiger partial charge < -0.3 is 5.32 Å². The Morgan fingerprint density at radius 2 is 1.68 bits per heavy atom. The van der Waals surface area contributed by atoms with E-state index >= 15 is 0 Å². The summed E-state index contributed by atoms with van der Waals surface area (Å²) in [4.78, 5) is 13.1. The Kier molecular flexibility index (Phi) is 4.66. The molecule has 0 atom stereocenters. The fourth-order valence-corrected chi connectivity index (χ4v) is 2.97. The summed E-state index contributed by atoms with van der Waals surface area (Å²) in [7, 11) is 0. The molecule has 22 heavy (non-hydrogen) atoms. The molecule has 0 fully saturated rings. The Morgan fingerprint density at radius 3 is 2.45 bits per heavy atom. The number of anilines is 1. The lowest BCUT2D eigenvalue weighted by Gasteiger charge is -2.07. The van der Waals surface area contributed by atoms with Crippen molar-refractivity contribution in [2.45, 2.75) is 4.90 Å². The van der Waals surface area contributed by atoms with Gasteiger partial charge in [0.1, 0.15) is 0 Å². The summed E-state index contributed by atoms with van der Waals surface area (Å²) in [6.45, 7) is 0. The number of fused-ring (bicyclic) bond motifs is 1. The molecule has 0 aliphatic rings. The third-order valence-corrected chi connectivity index (χ3v) is 4.48. The van der Waals surface area contributed by atoms with E-state index in [1.165, 1.54) is 11.8 Å². The SMILES string of the molecule is O=C(CSc1ccc(Cl)cc1)Nc1ccc2ccccc2c1. The molecule has 0 spiro atoms. The molecule has 0 aliphatic heterocycles. The number of amides is 1. The summed E-state index contributed by atoms with van der Waals surface area (Å²) in [5.41, 5.74) is 0.820. The number of carbonyl (C=O) groups is 1. The maximum Gasteiger partial charge on any atom is 0.234 e. The minimum atomic E-state index is -0.0183. The van der Waals surface area contributed by atoms with Crippen LogP contribution in [0.25, 0.3) is 10.8 Å². The minimum absolute atomic E-state index is 0.0183. The van der Waals surface area contributed by atoms with Crippen molar-refractivity contribution in [3.63, 3.8) is 0 Å². The monoisotopic (exact) mass is 327 g/mol. The Balaban J connectivity index is 1.61. The molecule has 0 unspecified atom stereocenters. The number of carbonyl (C=O) groups excluding carboxylic acids is 1. The smallest absolute Gasteiger partial charge is 0.234 e. The van der Waals surface area contributed by atoms with E-state index in [1.807, 2.05) is 60.7 Å². The molecule has 4 heteroatoms. The van der Waals surface area contributed by atoms with Crippen molar-refractivity contribution in [3.05, 3.63) is 71.8 Å². The van der Waals surface area contributed by atoms with Gasteiger partial charge in [-0.25, -0.2) is 0 Å². The lowest BCUT2D eigenvalue weighted by atomic mass is 10.1. The summed E-state index contributed by atoms with van der Waals surface area (Å²) in [5, 5.41) is 5.91. The first-order valence-corrected chi connectivity index (χ1v) is 8.24. The molecule has 0 aliphatic carbocycles. The van der Waals surface area contributed by atoms with E-state index in [2.05, 4.69) is 11.4 Å². The van der Waals surface area contributed by atoms with Gasteiger partial charge in [0.15, 0.2) is 0 Å². The van der Waals surface area contributed by atoms with Crippen molar-refractivity contribution in [1.29, 1.82) is 0 Å². The largest absolute Gasteiger partial charge is 0.325 e. The van der Waals surface area contributed by atoms with Gasteiger partial charge in [-0.15, -0.1) is 11.8 Å². The average Bonchev–Trinajstić information content (AvgIpc) is 2.54. The van der Waals surface area contributed by atoms with Crippen LogP contribution in [-0.2, 0) is 4.79 Å². The van der Waals surface area contributed by atoms with Gasteiger partial charge >= 0.3 is 0 Å². The van der Waals surface area contributed by atoms with Crippen LogP contribution in [0.4, 0.5) is 5.69 Å². The molecular weight excluding hydrogens is 314 g/mol. The van der Waals surface area contributed by atoms with Crippen LogP contribution in [0.15, 0.2) is 71.6 Å². The van der Waals surface area contributed by atoms with Crippen LogP contribution in [0.5, 0.6) is 0 Å². The van der Waals surface area contributed by atoms with Crippen molar-refractivity contribution in [3.8, 4) is 0 Å². The van der Waals surface area contributed by atoms with Crippen LogP contribution in [0.2, 0.25) is 5.02 Å². The van der Waals surface area contributed by atoms with Crippen LogP contribution in [0, 0.1) is 0 Å². The lowest BCUT2D eigenvalue weighted by Crippen LogP contribution is -2.13. The number of nitrogens with one attached hydrogen (secondary N) is 1. The summed E-state index contributed by atoms with van der Waals surface area (Å²) in [5.74, 6) is 0.351. The molecule has 3 rings (SSSR count). The van der Waals surface area contributed by atoms with Gasteiger partial charge in [-0.3, -0.25) is 4.79 Å². The number of halogens is 1. The summed E-state index contributed by atoms with van der Waals surface area (Å²) in [6, 6.07) is 21.5. The Bertz CT molecular complexity index is 802. The fraction of sp³-hybridized carbons (Fsp3) is 0.0556. The molecule has 0 heterocycles. The first kappa shape index (κ1) is 14.9. The molecule has 0 saturated carbocycles. The highest BCUT2D eigenvalue weighted by atomic mass is 35.5. The number of hydrogen-bond donors (Lipinski definition) is 1. The first-order chi connectivity index (χ1) is 10.7. The highest BCUT2D eigenvalue weighted by Gasteiger charge is 2.04. The van der Waals surface area contributed by atoms with Crippen molar-refractivity contribution in [1.82, 2.24) is 0 Å². The molecule has 2 nitrogen and oxygen atoms in total. The molecule has 0 aromatic heterocycles. The molecular formula is C18H14ClNOS. The van der Waals surface area contributed by atoms with Gasteiger partial charge in [0.25, 0.3) is 0 Å². The molecule has 3 aromatic carbocycles. The Hall–Kier alpha value is -1.97. The molecule has 0 radical (unpaired) electrons. The van der Waals surface area contributed by atoms with Crippen LogP contribution in [0.3, 0.4) is 0 Å². The zero-order valence-corrected chi connectivity index (χ0v) is 13.3. The summed E-state index contributed by atoms with van der Waals surface area (Å²) < 4.78 is 0. The van der Waals surface area contributed by atoms with E-state index in [1.54, 1.807) is 0 Å². The van der Waals surface area contributed by atoms with Gasteiger partial charge in [0.2, 0.25) is 5.91 Å². The number of benzene rings is 3. The Labute approximate surface area is 138 Å². The van der Waals surface area contributed by atoms with Crippen molar-refractivity contribution < 1.29 is 4.79 Å². The second-order valence-corrected chi connectivity index (χ2v) is 6.34. The number of rotatable bonds is 4. The lowest BCUT2D eigenvalue weighted by molar-refractivity contribution is -0.113. The zero-order chi connectivity index (χ0) is 15.4. The highest BCUT2D eigenvalue weighted by Crippen LogP contribution is 2.22. The standard InChI is InChI=1S/C18H14ClNOS/c19-15-6-9-17(10-7-15)22-12-18(21)20-16-8-5-13-3-1-2-4-14(13)11-16/h1-11H,12H2,(H,20,21). The second kappa shape index (κ2) is 6.86. The first-order valence-electron chi connectivity index (χ1n) is 6.88. The molecule has 0 saturated heterocycles. The molecule has 1 amide bonds. The maximum atomic E-state index is 12.0. The van der Waals surface area contributed by atoms with E-state index in [0.717, 1.165) is 21.4 Å². The van der Waals surface area contributed by atoms with Crippen LogP contribution >= 0.6 is 23.4 Å². The van der Waals surface area contributed by atoms with Gasteiger partial charge in [-0.1, -0.05) is 41.9 Å². The molecule has 3 aromatic rings. The fourth-order valence-electron chi connectivity index (χ4n) is 2.14. The normalized spacial score (nSPS) is 10.6. The van der Waals surface area contributed by atoms with Gasteiger partial charge in [-0.05, 0) is 47.2 Å². The van der Waals surface area contributed by atoms with E-state index in [-0.39, 0.29) is 5.91 Å². The van der Waals surface area contributed by atoms with E-state index in [9.17, 15) is 4.79 Å². The highest BCUT2D eigenvalue weighted by molar-refractivity contribution is 8.00. The van der Waals surface area contributed by atoms with Crippen LogP contribution in [-0.4, -0.2) is 11.7 Å². The number of hydrogen-bond acceptors (Lipinski definition) is 2. The van der Waals surface area contributed by atoms with Gasteiger partial charge in [0.05, 0.1) is 5.75 Å². The van der Waals surface area contributed by atoms with Crippen LogP contribution in [0.1, 0.15) is 0 Å². The summed E-state index contributed by atoms with van der Waals surface area (Å²) in [6.07, 6.45) is 0. The minimum Gasteiger partial charge on any atom is -0.325 e. The number of thioether (sulfide) groups is 1. The molecule has 110 valence electrons. The second-order valence-electron chi connectivity index (χ2n) is 4.85. The molecule has 0 bridgehead atoms. The third-order valence-electron chi connectivity index (χ3n) is 3.22. The Morgan fingerprint density at radius 1 is 0.955 bits per heavy atom. The van der Waals surface area contributed by atoms with Gasteiger partial charge in [0, 0.05) is 15.6 Å². The predicted molar refractivity (Wildman–Crippen MR) is 94.8 cm³/mol.